The first-order valence-electron chi connectivity index (χ1n) is 8.80. The maximum Gasteiger partial charge on any atom is 0.163 e. The van der Waals surface area contributed by atoms with E-state index in [2.05, 4.69) is 32.2 Å². The predicted molar refractivity (Wildman–Crippen MR) is 94.7 cm³/mol. The Morgan fingerprint density at radius 2 is 1.88 bits per heavy atom. The minimum Gasteiger partial charge on any atom is -0.486 e. The lowest BCUT2D eigenvalue weighted by atomic mass is 9.88. The van der Waals surface area contributed by atoms with Crippen LogP contribution in [0.5, 0.6) is 11.5 Å². The van der Waals surface area contributed by atoms with Crippen molar-refractivity contribution < 1.29 is 9.47 Å². The van der Waals surface area contributed by atoms with Crippen molar-refractivity contribution in [3.8, 4) is 17.2 Å². The van der Waals surface area contributed by atoms with E-state index >= 15 is 0 Å². The van der Waals surface area contributed by atoms with Gasteiger partial charge in [-0.25, -0.2) is 4.68 Å². The Morgan fingerprint density at radius 3 is 2.67 bits per heavy atom. The molecule has 0 saturated heterocycles. The zero-order chi connectivity index (χ0) is 16.7. The summed E-state index contributed by atoms with van der Waals surface area (Å²) in [6.07, 6.45) is 3.48. The lowest BCUT2D eigenvalue weighted by Crippen LogP contribution is -2.16. The summed E-state index contributed by atoms with van der Waals surface area (Å²) < 4.78 is 13.4. The van der Waals surface area contributed by atoms with Crippen LogP contribution in [0.25, 0.3) is 5.69 Å². The minimum absolute atomic E-state index is 0.0230. The average Bonchev–Trinajstić information content (AvgIpc) is 2.77. The van der Waals surface area contributed by atoms with Gasteiger partial charge in [-0.2, -0.15) is 5.10 Å². The van der Waals surface area contributed by atoms with Crippen molar-refractivity contribution in [2.75, 3.05) is 25.1 Å². The molecule has 0 spiro atoms. The highest BCUT2D eigenvalue weighted by molar-refractivity contribution is 5.58. The van der Waals surface area contributed by atoms with Crippen LogP contribution in [0, 0.1) is 0 Å². The first kappa shape index (κ1) is 15.4. The van der Waals surface area contributed by atoms with E-state index < -0.39 is 0 Å². The third-order valence-corrected chi connectivity index (χ3v) is 4.61. The largest absolute Gasteiger partial charge is 0.486 e. The van der Waals surface area contributed by atoms with Crippen LogP contribution in [0.3, 0.4) is 0 Å². The second-order valence-electron chi connectivity index (χ2n) is 7.55. The zero-order valence-electron chi connectivity index (χ0n) is 14.7. The third-order valence-electron chi connectivity index (χ3n) is 4.61. The predicted octanol–water partition coefficient (Wildman–Crippen LogP) is 3.69. The summed E-state index contributed by atoms with van der Waals surface area (Å²) in [5.74, 6) is 2.75. The van der Waals surface area contributed by atoms with Gasteiger partial charge in [-0.3, -0.25) is 0 Å². The van der Waals surface area contributed by atoms with Crippen molar-refractivity contribution in [3.05, 3.63) is 29.5 Å². The van der Waals surface area contributed by atoms with Crippen LogP contribution in [0.15, 0.2) is 18.2 Å². The SMILES string of the molecule is CC(C)(C)c1nn(-c2ccc3c(c2)OCCO3)c2c1CCCCN2. The number of nitrogens with one attached hydrogen (secondary N) is 1. The van der Waals surface area contributed by atoms with Gasteiger partial charge in [-0.15, -0.1) is 0 Å². The number of ether oxygens (including phenoxy) is 2. The summed E-state index contributed by atoms with van der Waals surface area (Å²) in [6, 6.07) is 6.06. The summed E-state index contributed by atoms with van der Waals surface area (Å²) in [5.41, 5.74) is 3.58. The van der Waals surface area contributed by atoms with Gasteiger partial charge < -0.3 is 14.8 Å². The number of hydrogen-bond acceptors (Lipinski definition) is 4. The van der Waals surface area contributed by atoms with Crippen molar-refractivity contribution in [2.24, 2.45) is 0 Å². The first-order valence-corrected chi connectivity index (χ1v) is 8.80. The molecule has 3 heterocycles. The van der Waals surface area contributed by atoms with Crippen LogP contribution in [0.4, 0.5) is 5.82 Å². The van der Waals surface area contributed by atoms with Gasteiger partial charge >= 0.3 is 0 Å². The fraction of sp³-hybridized carbons (Fsp3) is 0.526. The Labute approximate surface area is 143 Å². The van der Waals surface area contributed by atoms with Crippen LogP contribution < -0.4 is 14.8 Å². The molecule has 0 bridgehead atoms. The normalized spacial score (nSPS) is 17.0. The Morgan fingerprint density at radius 1 is 1.08 bits per heavy atom. The highest BCUT2D eigenvalue weighted by Crippen LogP contribution is 2.37. The number of anilines is 1. The van der Waals surface area contributed by atoms with Gasteiger partial charge in [0.05, 0.1) is 11.4 Å². The number of aromatic nitrogens is 2. The van der Waals surface area contributed by atoms with Gasteiger partial charge in [0.2, 0.25) is 0 Å². The summed E-state index contributed by atoms with van der Waals surface area (Å²) >= 11 is 0. The van der Waals surface area contributed by atoms with Gasteiger partial charge in [-0.05, 0) is 31.4 Å². The fourth-order valence-electron chi connectivity index (χ4n) is 3.46. The lowest BCUT2D eigenvalue weighted by Gasteiger charge is -2.19. The molecule has 0 unspecified atom stereocenters. The Kier molecular flexibility index (Phi) is 3.66. The highest BCUT2D eigenvalue weighted by Gasteiger charge is 2.28. The Bertz CT molecular complexity index is 759. The maximum absolute atomic E-state index is 5.74. The number of hydrogen-bond donors (Lipinski definition) is 1. The molecule has 0 radical (unpaired) electrons. The molecule has 1 aromatic carbocycles. The number of nitrogens with zero attached hydrogens (tertiary/aromatic N) is 2. The summed E-state index contributed by atoms with van der Waals surface area (Å²) in [5, 5.41) is 8.57. The van der Waals surface area contributed by atoms with Crippen molar-refractivity contribution in [1.82, 2.24) is 9.78 Å². The van der Waals surface area contributed by atoms with E-state index in [0.29, 0.717) is 13.2 Å². The van der Waals surface area contributed by atoms with Crippen LogP contribution in [-0.4, -0.2) is 29.5 Å². The van der Waals surface area contributed by atoms with E-state index in [0.717, 1.165) is 36.0 Å². The van der Waals surface area contributed by atoms with E-state index in [4.69, 9.17) is 14.6 Å². The number of benzene rings is 1. The van der Waals surface area contributed by atoms with Crippen LogP contribution in [-0.2, 0) is 11.8 Å². The smallest absolute Gasteiger partial charge is 0.163 e. The van der Waals surface area contributed by atoms with Gasteiger partial charge in [0, 0.05) is 23.6 Å². The zero-order valence-corrected chi connectivity index (χ0v) is 14.7. The molecule has 0 atom stereocenters. The van der Waals surface area contributed by atoms with Crippen molar-refractivity contribution >= 4 is 5.82 Å². The third kappa shape index (κ3) is 2.62. The quantitative estimate of drug-likeness (QED) is 0.868. The highest BCUT2D eigenvalue weighted by atomic mass is 16.6. The van der Waals surface area contributed by atoms with Gasteiger partial charge in [0.25, 0.3) is 0 Å². The molecule has 2 aliphatic heterocycles. The van der Waals surface area contributed by atoms with Crippen LogP contribution in [0.1, 0.15) is 44.9 Å². The molecule has 2 aliphatic rings. The standard InChI is InChI=1S/C19H25N3O2/c1-19(2,3)17-14-6-4-5-9-20-18(14)22(21-17)13-7-8-15-16(12-13)24-11-10-23-15/h7-8,12,20H,4-6,9-11H2,1-3H3. The molecule has 5 nitrogen and oxygen atoms in total. The van der Waals surface area contributed by atoms with E-state index in [9.17, 15) is 0 Å². The molecule has 5 heteroatoms. The maximum atomic E-state index is 5.74. The molecule has 1 N–H and O–H groups in total. The second kappa shape index (κ2) is 5.72. The fourth-order valence-corrected chi connectivity index (χ4v) is 3.46. The summed E-state index contributed by atoms with van der Waals surface area (Å²) in [6.45, 7) is 8.89. The van der Waals surface area contributed by atoms with Gasteiger partial charge in [0.1, 0.15) is 19.0 Å². The summed E-state index contributed by atoms with van der Waals surface area (Å²) in [4.78, 5) is 0. The van der Waals surface area contributed by atoms with Crippen LogP contribution in [0.2, 0.25) is 0 Å². The molecule has 0 saturated carbocycles. The van der Waals surface area contributed by atoms with E-state index in [1.807, 2.05) is 16.8 Å². The molecule has 0 aliphatic carbocycles. The number of rotatable bonds is 1. The molecule has 1 aromatic heterocycles. The summed E-state index contributed by atoms with van der Waals surface area (Å²) in [7, 11) is 0. The molecular formula is C19H25N3O2. The van der Waals surface area contributed by atoms with Crippen molar-refractivity contribution in [2.45, 2.75) is 45.4 Å². The van der Waals surface area contributed by atoms with Gasteiger partial charge in [0.15, 0.2) is 11.5 Å². The molecule has 128 valence electrons. The van der Waals surface area contributed by atoms with E-state index in [-0.39, 0.29) is 5.41 Å². The monoisotopic (exact) mass is 327 g/mol. The first-order chi connectivity index (χ1) is 11.5. The lowest BCUT2D eigenvalue weighted by molar-refractivity contribution is 0.171. The van der Waals surface area contributed by atoms with Crippen molar-refractivity contribution in [3.63, 3.8) is 0 Å². The van der Waals surface area contributed by atoms with Crippen LogP contribution >= 0.6 is 0 Å². The number of fused-ring (bicyclic) bond motifs is 2. The molecule has 2 aromatic rings. The molecular weight excluding hydrogens is 302 g/mol. The van der Waals surface area contributed by atoms with E-state index in [1.165, 1.54) is 24.1 Å². The topological polar surface area (TPSA) is 48.3 Å². The van der Waals surface area contributed by atoms with Gasteiger partial charge in [-0.1, -0.05) is 20.8 Å². The Hall–Kier alpha value is -2.17. The molecule has 0 amide bonds. The van der Waals surface area contributed by atoms with Crippen molar-refractivity contribution in [1.29, 1.82) is 0 Å². The molecule has 0 fully saturated rings. The molecule has 24 heavy (non-hydrogen) atoms. The average molecular weight is 327 g/mol. The molecule has 4 rings (SSSR count). The second-order valence-corrected chi connectivity index (χ2v) is 7.55. The Balaban J connectivity index is 1.84. The minimum atomic E-state index is 0.0230. The van der Waals surface area contributed by atoms with E-state index in [1.54, 1.807) is 0 Å².